The number of ether oxygens (including phenoxy) is 1. The molecule has 2 aromatic rings. The maximum absolute atomic E-state index is 12.3. The van der Waals surface area contributed by atoms with Crippen molar-refractivity contribution in [1.29, 1.82) is 0 Å². The van der Waals surface area contributed by atoms with Crippen molar-refractivity contribution in [3.63, 3.8) is 0 Å². The van der Waals surface area contributed by atoms with Crippen LogP contribution in [0.4, 0.5) is 17.1 Å². The minimum absolute atomic E-state index is 0.0426. The average molecular weight is 345 g/mol. The summed E-state index contributed by atoms with van der Waals surface area (Å²) < 4.78 is 5.16. The first-order chi connectivity index (χ1) is 11.8. The number of amides is 1. The third-order valence-electron chi connectivity index (χ3n) is 3.47. The van der Waals surface area contributed by atoms with E-state index in [0.717, 1.165) is 6.07 Å². The Kier molecular flexibility index (Phi) is 5.28. The van der Waals surface area contributed by atoms with Crippen molar-refractivity contribution in [3.8, 4) is 5.75 Å². The number of nitro groups is 2. The van der Waals surface area contributed by atoms with E-state index in [9.17, 15) is 25.0 Å². The van der Waals surface area contributed by atoms with Crippen LogP contribution in [0.3, 0.4) is 0 Å². The van der Waals surface area contributed by atoms with Gasteiger partial charge in [-0.2, -0.15) is 0 Å². The number of hydrogen-bond acceptors (Lipinski definition) is 6. The minimum atomic E-state index is -0.639. The van der Waals surface area contributed by atoms with Crippen LogP contribution in [0.25, 0.3) is 0 Å². The lowest BCUT2D eigenvalue weighted by Gasteiger charge is -2.10. The molecule has 0 spiro atoms. The zero-order chi connectivity index (χ0) is 18.6. The molecular formula is C16H15N3O6. The number of hydrogen-bond donors (Lipinski definition) is 1. The molecule has 130 valence electrons. The van der Waals surface area contributed by atoms with E-state index in [1.54, 1.807) is 6.92 Å². The highest BCUT2D eigenvalue weighted by atomic mass is 16.6. The number of carbonyl (C=O) groups excluding carboxylic acids is 1. The predicted octanol–water partition coefficient (Wildman–Crippen LogP) is 3.46. The van der Waals surface area contributed by atoms with Crippen molar-refractivity contribution < 1.29 is 19.4 Å². The second kappa shape index (κ2) is 7.39. The number of nitro benzene ring substituents is 2. The molecular weight excluding hydrogens is 330 g/mol. The lowest BCUT2D eigenvalue weighted by atomic mass is 10.1. The molecule has 0 saturated carbocycles. The Morgan fingerprint density at radius 1 is 1.12 bits per heavy atom. The average Bonchev–Trinajstić information content (AvgIpc) is 2.56. The molecule has 0 aliphatic heterocycles. The third kappa shape index (κ3) is 3.89. The van der Waals surface area contributed by atoms with E-state index in [0.29, 0.717) is 5.56 Å². The lowest BCUT2D eigenvalue weighted by molar-refractivity contribution is -0.385. The normalized spacial score (nSPS) is 10.2. The van der Waals surface area contributed by atoms with Gasteiger partial charge in [0.05, 0.1) is 27.7 Å². The van der Waals surface area contributed by atoms with Gasteiger partial charge in [0.2, 0.25) is 0 Å². The molecule has 0 bridgehead atoms. The van der Waals surface area contributed by atoms with Gasteiger partial charge in [-0.05, 0) is 32.0 Å². The van der Waals surface area contributed by atoms with Gasteiger partial charge in [0.25, 0.3) is 11.6 Å². The summed E-state index contributed by atoms with van der Waals surface area (Å²) in [4.78, 5) is 33.2. The zero-order valence-electron chi connectivity index (χ0n) is 13.5. The second-order valence-electron chi connectivity index (χ2n) is 5.03. The van der Waals surface area contributed by atoms with Gasteiger partial charge in [-0.3, -0.25) is 25.0 Å². The molecule has 0 saturated heterocycles. The molecule has 2 aromatic carbocycles. The fourth-order valence-corrected chi connectivity index (χ4v) is 2.23. The first-order valence-corrected chi connectivity index (χ1v) is 7.31. The van der Waals surface area contributed by atoms with Crippen LogP contribution < -0.4 is 10.1 Å². The molecule has 0 aromatic heterocycles. The van der Waals surface area contributed by atoms with Crippen LogP contribution in [-0.4, -0.2) is 22.4 Å². The summed E-state index contributed by atoms with van der Waals surface area (Å²) in [5.74, 6) is -0.551. The molecule has 0 atom stereocenters. The van der Waals surface area contributed by atoms with Crippen molar-refractivity contribution in [3.05, 3.63) is 67.8 Å². The fourth-order valence-electron chi connectivity index (χ4n) is 2.23. The Morgan fingerprint density at radius 3 is 2.40 bits per heavy atom. The van der Waals surface area contributed by atoms with Crippen LogP contribution in [0.5, 0.6) is 5.75 Å². The quantitative estimate of drug-likeness (QED) is 0.631. The van der Waals surface area contributed by atoms with Gasteiger partial charge in [-0.25, -0.2) is 0 Å². The predicted molar refractivity (Wildman–Crippen MR) is 90.1 cm³/mol. The van der Waals surface area contributed by atoms with E-state index in [-0.39, 0.29) is 35.0 Å². The molecule has 25 heavy (non-hydrogen) atoms. The number of carbonyl (C=O) groups is 1. The van der Waals surface area contributed by atoms with Crippen LogP contribution in [0.2, 0.25) is 0 Å². The number of nitrogens with zero attached hydrogens (tertiary/aromatic N) is 2. The molecule has 0 heterocycles. The molecule has 9 nitrogen and oxygen atoms in total. The monoisotopic (exact) mass is 345 g/mol. The molecule has 1 N–H and O–H groups in total. The molecule has 0 unspecified atom stereocenters. The number of rotatable bonds is 6. The molecule has 0 aliphatic rings. The first kappa shape index (κ1) is 17.9. The zero-order valence-corrected chi connectivity index (χ0v) is 13.5. The van der Waals surface area contributed by atoms with Crippen molar-refractivity contribution in [1.82, 2.24) is 0 Å². The SMILES string of the molecule is CCOc1ccc(C(=O)Nc2cccc([N+](=O)[O-])c2C)cc1[N+](=O)[O-]. The van der Waals surface area contributed by atoms with E-state index < -0.39 is 15.8 Å². The maximum atomic E-state index is 12.3. The maximum Gasteiger partial charge on any atom is 0.311 e. The Morgan fingerprint density at radius 2 is 1.80 bits per heavy atom. The van der Waals surface area contributed by atoms with Crippen LogP contribution in [0, 0.1) is 27.2 Å². The first-order valence-electron chi connectivity index (χ1n) is 7.31. The molecule has 1 amide bonds. The number of benzene rings is 2. The van der Waals surface area contributed by atoms with Crippen molar-refractivity contribution in [2.75, 3.05) is 11.9 Å². The summed E-state index contributed by atoms with van der Waals surface area (Å²) in [5, 5.41) is 24.6. The largest absolute Gasteiger partial charge is 0.487 e. The molecule has 0 aliphatic carbocycles. The molecule has 0 fully saturated rings. The summed E-state index contributed by atoms with van der Waals surface area (Å²) in [6.45, 7) is 3.45. The highest BCUT2D eigenvalue weighted by molar-refractivity contribution is 6.05. The van der Waals surface area contributed by atoms with Gasteiger partial charge < -0.3 is 10.1 Å². The van der Waals surface area contributed by atoms with E-state index in [4.69, 9.17) is 4.74 Å². The smallest absolute Gasteiger partial charge is 0.311 e. The Bertz CT molecular complexity index is 850. The second-order valence-corrected chi connectivity index (χ2v) is 5.03. The van der Waals surface area contributed by atoms with E-state index in [1.807, 2.05) is 0 Å². The lowest BCUT2D eigenvalue weighted by Crippen LogP contribution is -2.13. The Hall–Kier alpha value is -3.49. The van der Waals surface area contributed by atoms with Gasteiger partial charge in [0.15, 0.2) is 5.75 Å². The third-order valence-corrected chi connectivity index (χ3v) is 3.47. The van der Waals surface area contributed by atoms with E-state index in [2.05, 4.69) is 5.32 Å². The van der Waals surface area contributed by atoms with Gasteiger partial charge in [-0.15, -0.1) is 0 Å². The summed E-state index contributed by atoms with van der Waals surface area (Å²) in [6, 6.07) is 8.13. The van der Waals surface area contributed by atoms with Crippen LogP contribution in [-0.2, 0) is 0 Å². The Labute approximate surface area is 142 Å². The molecule has 9 heteroatoms. The highest BCUT2D eigenvalue weighted by Gasteiger charge is 2.20. The molecule has 2 rings (SSSR count). The number of nitrogens with one attached hydrogen (secondary N) is 1. The van der Waals surface area contributed by atoms with Crippen LogP contribution in [0.15, 0.2) is 36.4 Å². The Balaban J connectivity index is 2.33. The topological polar surface area (TPSA) is 125 Å². The fraction of sp³-hybridized carbons (Fsp3) is 0.188. The van der Waals surface area contributed by atoms with E-state index in [1.165, 1.54) is 37.3 Å². The molecule has 0 radical (unpaired) electrons. The summed E-state index contributed by atoms with van der Waals surface area (Å²) >= 11 is 0. The van der Waals surface area contributed by atoms with Gasteiger partial charge in [0.1, 0.15) is 0 Å². The highest BCUT2D eigenvalue weighted by Crippen LogP contribution is 2.29. The van der Waals surface area contributed by atoms with E-state index >= 15 is 0 Å². The van der Waals surface area contributed by atoms with Crippen LogP contribution in [0.1, 0.15) is 22.8 Å². The van der Waals surface area contributed by atoms with Gasteiger partial charge in [0, 0.05) is 17.7 Å². The summed E-state index contributed by atoms with van der Waals surface area (Å²) in [5.41, 5.74) is 0.138. The van der Waals surface area contributed by atoms with Crippen molar-refractivity contribution in [2.45, 2.75) is 13.8 Å². The van der Waals surface area contributed by atoms with Gasteiger partial charge in [-0.1, -0.05) is 6.07 Å². The minimum Gasteiger partial charge on any atom is -0.487 e. The van der Waals surface area contributed by atoms with Gasteiger partial charge >= 0.3 is 5.69 Å². The summed E-state index contributed by atoms with van der Waals surface area (Å²) in [6.07, 6.45) is 0. The van der Waals surface area contributed by atoms with Crippen molar-refractivity contribution in [2.24, 2.45) is 0 Å². The van der Waals surface area contributed by atoms with Crippen molar-refractivity contribution >= 4 is 23.0 Å². The summed E-state index contributed by atoms with van der Waals surface area (Å²) in [7, 11) is 0. The van der Waals surface area contributed by atoms with Crippen LogP contribution >= 0.6 is 0 Å². The standard InChI is InChI=1S/C16H15N3O6/c1-3-25-15-8-7-11(9-14(15)19(23)24)16(20)17-12-5-4-6-13(10(12)2)18(21)22/h4-9H,3H2,1-2H3,(H,17,20). The number of anilines is 1.